The zero-order valence-electron chi connectivity index (χ0n) is 29.9. The molecule has 1 heterocycles. The molecule has 2 aromatic rings. The molecule has 4 rings (SSSR count). The van der Waals surface area contributed by atoms with E-state index in [0.29, 0.717) is 50.1 Å². The van der Waals surface area contributed by atoms with Gasteiger partial charge in [0.2, 0.25) is 5.91 Å². The number of aryl methyl sites for hydroxylation is 1. The number of halogens is 3. The maximum Gasteiger partial charge on any atom is 0.417 e. The molecular formula is C38H53F3N4O4. The van der Waals surface area contributed by atoms with Crippen molar-refractivity contribution < 1.29 is 32.2 Å². The Morgan fingerprint density at radius 2 is 1.76 bits per heavy atom. The fourth-order valence-corrected chi connectivity index (χ4v) is 5.79. The lowest BCUT2D eigenvalue weighted by Gasteiger charge is -2.39. The molecule has 0 radical (unpaired) electrons. The Bertz CT molecular complexity index is 1410. The molecule has 11 heteroatoms. The van der Waals surface area contributed by atoms with Crippen LogP contribution in [0.5, 0.6) is 5.75 Å². The largest absolute Gasteiger partial charge is 0.492 e. The van der Waals surface area contributed by atoms with Crippen molar-refractivity contribution in [2.45, 2.75) is 104 Å². The van der Waals surface area contributed by atoms with Gasteiger partial charge in [0.25, 0.3) is 5.91 Å². The van der Waals surface area contributed by atoms with Gasteiger partial charge < -0.3 is 24.6 Å². The third-order valence-corrected chi connectivity index (χ3v) is 9.03. The number of anilines is 1. The van der Waals surface area contributed by atoms with E-state index in [1.54, 1.807) is 57.0 Å². The Balaban J connectivity index is 0.00000205. The van der Waals surface area contributed by atoms with E-state index in [1.807, 2.05) is 6.92 Å². The van der Waals surface area contributed by atoms with Crippen LogP contribution >= 0.6 is 0 Å². The minimum absolute atomic E-state index is 0.00405. The number of alkyl halides is 3. The number of hydrogen-bond donors (Lipinski definition) is 1. The first-order valence-electron chi connectivity index (χ1n) is 17.5. The number of nitriles is 1. The Kier molecular flexibility index (Phi) is 14.9. The van der Waals surface area contributed by atoms with Crippen molar-refractivity contribution in [1.82, 2.24) is 10.2 Å². The molecule has 2 aromatic carbocycles. The first-order chi connectivity index (χ1) is 23.3. The van der Waals surface area contributed by atoms with Crippen molar-refractivity contribution >= 4 is 17.5 Å². The van der Waals surface area contributed by atoms with E-state index < -0.39 is 28.6 Å². The molecule has 270 valence electrons. The van der Waals surface area contributed by atoms with E-state index in [-0.39, 0.29) is 42.4 Å². The Hall–Kier alpha value is -3.62. The van der Waals surface area contributed by atoms with Gasteiger partial charge >= 0.3 is 6.18 Å². The summed E-state index contributed by atoms with van der Waals surface area (Å²) in [7, 11) is 1.58. The summed E-state index contributed by atoms with van der Waals surface area (Å²) >= 11 is 0. The van der Waals surface area contributed by atoms with Gasteiger partial charge in [0.05, 0.1) is 28.2 Å². The number of carbonyl (C=O) groups is 2. The number of nitrogens with zero attached hydrogens (tertiary/aromatic N) is 3. The number of benzene rings is 2. The minimum Gasteiger partial charge on any atom is -0.492 e. The highest BCUT2D eigenvalue weighted by Crippen LogP contribution is 2.39. The minimum atomic E-state index is -4.78. The fraction of sp³-hybridized carbons (Fsp3) is 0.605. The molecule has 1 aliphatic carbocycles. The maximum atomic E-state index is 14.5. The summed E-state index contributed by atoms with van der Waals surface area (Å²) in [4.78, 5) is 31.6. The molecule has 2 fully saturated rings. The van der Waals surface area contributed by atoms with E-state index in [9.17, 15) is 22.8 Å². The SMILES string of the molecule is C1CC1.CCC(C)(COc1ccc(C#N)cc1)C(=O)N(CCCCOC)c1cc(C(=O)N(C(C)C)C2CCCNC2)c(C(F)(F)F)cc1C. The number of methoxy groups -OCH3 is 1. The Morgan fingerprint density at radius 1 is 1.08 bits per heavy atom. The number of hydrogen-bond acceptors (Lipinski definition) is 6. The average molecular weight is 687 g/mol. The molecule has 0 spiro atoms. The van der Waals surface area contributed by atoms with Crippen molar-refractivity contribution in [3.8, 4) is 11.8 Å². The molecule has 0 aromatic heterocycles. The number of amides is 2. The highest BCUT2D eigenvalue weighted by Gasteiger charge is 2.41. The lowest BCUT2D eigenvalue weighted by Crippen LogP contribution is -2.52. The van der Waals surface area contributed by atoms with Gasteiger partial charge in [0.1, 0.15) is 12.4 Å². The first kappa shape index (κ1) is 39.8. The van der Waals surface area contributed by atoms with Crippen LogP contribution in [0.1, 0.15) is 106 Å². The molecule has 1 saturated heterocycles. The number of carbonyl (C=O) groups excluding carboxylic acids is 2. The van der Waals surface area contributed by atoms with Gasteiger partial charge in [-0.15, -0.1) is 0 Å². The molecule has 2 aliphatic rings. The average Bonchev–Trinajstić information content (AvgIpc) is 3.97. The molecule has 0 bridgehead atoms. The highest BCUT2D eigenvalue weighted by atomic mass is 19.4. The third kappa shape index (κ3) is 11.2. The van der Waals surface area contributed by atoms with Gasteiger partial charge in [-0.3, -0.25) is 9.59 Å². The van der Waals surface area contributed by atoms with Crippen molar-refractivity contribution in [2.75, 3.05) is 44.9 Å². The van der Waals surface area contributed by atoms with Gasteiger partial charge in [-0.25, -0.2) is 0 Å². The highest BCUT2D eigenvalue weighted by molar-refractivity contribution is 6.02. The van der Waals surface area contributed by atoms with E-state index in [4.69, 9.17) is 14.7 Å². The van der Waals surface area contributed by atoms with Gasteiger partial charge in [0, 0.05) is 44.6 Å². The lowest BCUT2D eigenvalue weighted by atomic mass is 9.86. The van der Waals surface area contributed by atoms with Gasteiger partial charge in [-0.2, -0.15) is 18.4 Å². The second-order valence-corrected chi connectivity index (χ2v) is 13.5. The van der Waals surface area contributed by atoms with Crippen LogP contribution in [0.15, 0.2) is 36.4 Å². The van der Waals surface area contributed by atoms with Crippen molar-refractivity contribution in [3.63, 3.8) is 0 Å². The van der Waals surface area contributed by atoms with Gasteiger partial charge in [-0.1, -0.05) is 26.2 Å². The summed E-state index contributed by atoms with van der Waals surface area (Å²) in [6.07, 6.45) is 2.78. The van der Waals surface area contributed by atoms with E-state index in [1.165, 1.54) is 37.2 Å². The van der Waals surface area contributed by atoms with Gasteiger partial charge in [0.15, 0.2) is 0 Å². The summed E-state index contributed by atoms with van der Waals surface area (Å²) in [5, 5.41) is 12.4. The second-order valence-electron chi connectivity index (χ2n) is 13.5. The fourth-order valence-electron chi connectivity index (χ4n) is 5.79. The Labute approximate surface area is 289 Å². The standard InChI is InChI=1S/C35H47F3N4O4.C3H6/c1-7-34(5,23-46-28-14-12-26(21-39)13-15-28)33(44)41(17-8-9-18-45-6)31-20-29(30(19-25(31)4)35(36,37)38)32(43)42(24(2)3)27-11-10-16-40-22-27;1-2-3-1/h12-15,19-20,24,27,40H,7-11,16-18,22-23H2,1-6H3;1-3H2. The molecule has 2 atom stereocenters. The molecule has 2 unspecified atom stereocenters. The van der Waals surface area contributed by atoms with Crippen molar-refractivity contribution in [1.29, 1.82) is 5.26 Å². The molecule has 8 nitrogen and oxygen atoms in total. The summed E-state index contributed by atoms with van der Waals surface area (Å²) in [6, 6.07) is 10.3. The van der Waals surface area contributed by atoms with Crippen molar-refractivity contribution in [2.24, 2.45) is 5.41 Å². The second kappa shape index (κ2) is 18.4. The first-order valence-corrected chi connectivity index (χ1v) is 17.5. The molecule has 1 aliphatic heterocycles. The summed E-state index contributed by atoms with van der Waals surface area (Å²) in [5.74, 6) is -0.534. The van der Waals surface area contributed by atoms with Crippen molar-refractivity contribution in [3.05, 3.63) is 58.7 Å². The molecule has 2 amide bonds. The number of ether oxygens (including phenoxy) is 2. The van der Waals surface area contributed by atoms with E-state index in [0.717, 1.165) is 19.0 Å². The number of unbranched alkanes of at least 4 members (excludes halogenated alkanes) is 1. The number of nitrogens with one attached hydrogen (secondary N) is 1. The molecule has 1 saturated carbocycles. The molecular weight excluding hydrogens is 633 g/mol. The normalized spacial score (nSPS) is 16.9. The number of piperidine rings is 1. The Morgan fingerprint density at radius 3 is 2.27 bits per heavy atom. The van der Waals surface area contributed by atoms with Crippen LogP contribution in [-0.4, -0.2) is 68.8 Å². The third-order valence-electron chi connectivity index (χ3n) is 9.03. The predicted octanol–water partition coefficient (Wildman–Crippen LogP) is 7.91. The van der Waals surface area contributed by atoms with Crippen LogP contribution < -0.4 is 15.0 Å². The van der Waals surface area contributed by atoms with Crippen LogP contribution in [-0.2, 0) is 15.7 Å². The van der Waals surface area contributed by atoms with Crippen LogP contribution in [0.3, 0.4) is 0 Å². The maximum absolute atomic E-state index is 14.5. The van der Waals surface area contributed by atoms with Crippen LogP contribution in [0.25, 0.3) is 0 Å². The van der Waals surface area contributed by atoms with E-state index in [2.05, 4.69) is 11.4 Å². The summed E-state index contributed by atoms with van der Waals surface area (Å²) < 4.78 is 54.7. The molecule has 1 N–H and O–H groups in total. The van der Waals surface area contributed by atoms with Gasteiger partial charge in [-0.05, 0) is 108 Å². The number of rotatable bonds is 14. The van der Waals surface area contributed by atoms with Crippen LogP contribution in [0.2, 0.25) is 0 Å². The summed E-state index contributed by atoms with van der Waals surface area (Å²) in [6.45, 7) is 10.8. The molecule has 49 heavy (non-hydrogen) atoms. The zero-order valence-corrected chi connectivity index (χ0v) is 29.9. The quantitative estimate of drug-likeness (QED) is 0.203. The monoisotopic (exact) mass is 686 g/mol. The topological polar surface area (TPSA) is 94.9 Å². The zero-order chi connectivity index (χ0) is 36.2. The summed E-state index contributed by atoms with van der Waals surface area (Å²) in [5.41, 5.74) is -1.54. The van der Waals surface area contributed by atoms with E-state index >= 15 is 0 Å². The van der Waals surface area contributed by atoms with Crippen LogP contribution in [0, 0.1) is 23.7 Å². The van der Waals surface area contributed by atoms with Crippen LogP contribution in [0.4, 0.5) is 18.9 Å². The predicted molar refractivity (Wildman–Crippen MR) is 186 cm³/mol. The smallest absolute Gasteiger partial charge is 0.417 e. The lowest BCUT2D eigenvalue weighted by molar-refractivity contribution is -0.138.